The summed E-state index contributed by atoms with van der Waals surface area (Å²) in [6.45, 7) is 5.28. The van der Waals surface area contributed by atoms with Gasteiger partial charge in [-0.05, 0) is 38.2 Å². The number of anilines is 3. The van der Waals surface area contributed by atoms with Crippen LogP contribution in [0.15, 0.2) is 42.7 Å². The van der Waals surface area contributed by atoms with Crippen molar-refractivity contribution in [2.24, 2.45) is 0 Å². The van der Waals surface area contributed by atoms with Crippen molar-refractivity contribution in [3.8, 4) is 0 Å². The van der Waals surface area contributed by atoms with Crippen LogP contribution < -0.4 is 10.2 Å². The van der Waals surface area contributed by atoms with Crippen LogP contribution in [0.1, 0.15) is 22.8 Å². The van der Waals surface area contributed by atoms with Crippen molar-refractivity contribution in [3.05, 3.63) is 65.5 Å². The zero-order chi connectivity index (χ0) is 25.5. The summed E-state index contributed by atoms with van der Waals surface area (Å²) < 4.78 is 27.7. The number of rotatable bonds is 6. The van der Waals surface area contributed by atoms with Gasteiger partial charge in [-0.2, -0.15) is 0 Å². The van der Waals surface area contributed by atoms with E-state index >= 15 is 0 Å². The molecular weight excluding hydrogens is 476 g/mol. The van der Waals surface area contributed by atoms with E-state index in [9.17, 15) is 8.78 Å². The maximum absolute atomic E-state index is 13.1. The molecule has 0 bridgehead atoms. The highest BCUT2D eigenvalue weighted by Gasteiger charge is 2.21. The van der Waals surface area contributed by atoms with Crippen LogP contribution in [0.2, 0.25) is 0 Å². The zero-order valence-electron chi connectivity index (χ0n) is 20.7. The molecule has 11 heteroatoms. The van der Waals surface area contributed by atoms with Crippen LogP contribution >= 0.6 is 0 Å². The summed E-state index contributed by atoms with van der Waals surface area (Å²) in [6, 6.07) is 7.69. The van der Waals surface area contributed by atoms with Gasteiger partial charge in [-0.15, -0.1) is 0 Å². The summed E-state index contributed by atoms with van der Waals surface area (Å²) in [7, 11) is 2.13. The summed E-state index contributed by atoms with van der Waals surface area (Å²) in [5.41, 5.74) is 5.23. The molecule has 0 unspecified atom stereocenters. The standard InChI is InChI=1S/C26H27F2N9/c1-16-31-22-7-6-20(33-25(22)37(16)15-23(27)28)18-4-5-21-19(18)14-30-26(34-21)32-17-3-8-24(29-13-17)36-11-9-35(2)10-12-36/h3-4,6-8,13-14,23H,5,9-12,15H2,1-2H3,(H,30,32,34). The number of alkyl halides is 2. The Morgan fingerprint density at radius 2 is 1.81 bits per heavy atom. The second-order valence-electron chi connectivity index (χ2n) is 9.40. The zero-order valence-corrected chi connectivity index (χ0v) is 20.7. The Bertz CT molecular complexity index is 1470. The summed E-state index contributed by atoms with van der Waals surface area (Å²) in [4.78, 5) is 27.5. The number of hydrogen-bond acceptors (Lipinski definition) is 8. The molecule has 1 fully saturated rings. The Morgan fingerprint density at radius 3 is 2.57 bits per heavy atom. The van der Waals surface area contributed by atoms with Gasteiger partial charge >= 0.3 is 0 Å². The van der Waals surface area contributed by atoms with E-state index in [1.54, 1.807) is 19.3 Å². The van der Waals surface area contributed by atoms with Crippen LogP contribution in [0, 0.1) is 6.92 Å². The molecule has 1 aliphatic heterocycles. The lowest BCUT2D eigenvalue weighted by molar-refractivity contribution is 0.127. The van der Waals surface area contributed by atoms with Gasteiger partial charge in [0.05, 0.1) is 29.8 Å². The smallest absolute Gasteiger partial charge is 0.256 e. The monoisotopic (exact) mass is 503 g/mol. The molecule has 0 saturated carbocycles. The van der Waals surface area contributed by atoms with Crippen molar-refractivity contribution in [2.45, 2.75) is 26.3 Å². The van der Waals surface area contributed by atoms with E-state index in [0.29, 0.717) is 35.1 Å². The van der Waals surface area contributed by atoms with Crippen LogP contribution in [0.3, 0.4) is 0 Å². The van der Waals surface area contributed by atoms with Gasteiger partial charge in [0.25, 0.3) is 6.43 Å². The number of aromatic nitrogens is 6. The van der Waals surface area contributed by atoms with E-state index in [1.807, 2.05) is 30.3 Å². The van der Waals surface area contributed by atoms with Gasteiger partial charge in [0, 0.05) is 49.9 Å². The molecule has 4 aromatic rings. The summed E-state index contributed by atoms with van der Waals surface area (Å²) in [5, 5.41) is 3.25. The van der Waals surface area contributed by atoms with Gasteiger partial charge < -0.3 is 19.7 Å². The van der Waals surface area contributed by atoms with Crippen molar-refractivity contribution < 1.29 is 8.78 Å². The maximum Gasteiger partial charge on any atom is 0.256 e. The van der Waals surface area contributed by atoms with E-state index in [-0.39, 0.29) is 0 Å². The molecule has 6 rings (SSSR count). The van der Waals surface area contributed by atoms with Gasteiger partial charge in [0.1, 0.15) is 17.2 Å². The number of imidazole rings is 1. The Balaban J connectivity index is 1.19. The Kier molecular flexibility index (Phi) is 5.99. The third-order valence-electron chi connectivity index (χ3n) is 6.87. The highest BCUT2D eigenvalue weighted by Crippen LogP contribution is 2.32. The minimum Gasteiger partial charge on any atom is -0.354 e. The Hall–Kier alpha value is -3.99. The first kappa shape index (κ1) is 23.4. The Labute approximate surface area is 212 Å². The number of pyridine rings is 2. The number of allylic oxidation sites excluding steroid dienone is 1. The summed E-state index contributed by atoms with van der Waals surface area (Å²) in [5.74, 6) is 1.99. The van der Waals surface area contributed by atoms with Crippen LogP contribution in [0.5, 0.6) is 0 Å². The first-order valence-electron chi connectivity index (χ1n) is 12.3. The highest BCUT2D eigenvalue weighted by molar-refractivity contribution is 5.85. The molecule has 0 aromatic carbocycles. The second-order valence-corrected chi connectivity index (χ2v) is 9.40. The fourth-order valence-electron chi connectivity index (χ4n) is 4.84. The number of aryl methyl sites for hydroxylation is 1. The van der Waals surface area contributed by atoms with Crippen LogP contribution in [-0.2, 0) is 13.0 Å². The number of nitrogens with zero attached hydrogens (tertiary/aromatic N) is 8. The lowest BCUT2D eigenvalue weighted by atomic mass is 10.1. The van der Waals surface area contributed by atoms with E-state index in [1.165, 1.54) is 4.57 Å². The third kappa shape index (κ3) is 4.62. The highest BCUT2D eigenvalue weighted by atomic mass is 19.3. The third-order valence-corrected chi connectivity index (χ3v) is 6.87. The topological polar surface area (TPSA) is 87.9 Å². The van der Waals surface area contributed by atoms with Gasteiger partial charge in [0.15, 0.2) is 5.65 Å². The van der Waals surface area contributed by atoms with Crippen LogP contribution in [0.4, 0.5) is 26.2 Å². The van der Waals surface area contributed by atoms with E-state index in [4.69, 9.17) is 4.98 Å². The van der Waals surface area contributed by atoms with Gasteiger partial charge in [-0.25, -0.2) is 33.7 Å². The number of piperazine rings is 1. The number of fused-ring (bicyclic) bond motifs is 2. The molecule has 4 aromatic heterocycles. The maximum atomic E-state index is 13.1. The van der Waals surface area contributed by atoms with E-state index in [0.717, 1.165) is 54.5 Å². The molecule has 0 amide bonds. The van der Waals surface area contributed by atoms with Crippen molar-refractivity contribution in [2.75, 3.05) is 43.4 Å². The molecule has 1 saturated heterocycles. The van der Waals surface area contributed by atoms with Crippen molar-refractivity contribution >= 4 is 34.2 Å². The molecule has 1 aliphatic carbocycles. The second kappa shape index (κ2) is 9.47. The largest absolute Gasteiger partial charge is 0.354 e. The van der Waals surface area contributed by atoms with Gasteiger partial charge in [0.2, 0.25) is 5.95 Å². The molecule has 0 radical (unpaired) electrons. The normalized spacial score (nSPS) is 15.9. The molecule has 0 spiro atoms. The quantitative estimate of drug-likeness (QED) is 0.427. The number of likely N-dealkylation sites (N-methyl/N-ethyl adjacent to an activating group) is 1. The van der Waals surface area contributed by atoms with Crippen molar-refractivity contribution in [1.29, 1.82) is 0 Å². The molecule has 9 nitrogen and oxygen atoms in total. The number of nitrogens with one attached hydrogen (secondary N) is 1. The molecule has 1 N–H and O–H groups in total. The predicted octanol–water partition coefficient (Wildman–Crippen LogP) is 3.67. The van der Waals surface area contributed by atoms with Crippen LogP contribution in [0.25, 0.3) is 16.7 Å². The first-order chi connectivity index (χ1) is 17.9. The molecular formula is C26H27F2N9. The lowest BCUT2D eigenvalue weighted by Gasteiger charge is -2.33. The fraction of sp³-hybridized carbons (Fsp3) is 0.346. The minimum atomic E-state index is -2.48. The molecule has 190 valence electrons. The van der Waals surface area contributed by atoms with Crippen molar-refractivity contribution in [3.63, 3.8) is 0 Å². The molecule has 0 atom stereocenters. The predicted molar refractivity (Wildman–Crippen MR) is 138 cm³/mol. The van der Waals surface area contributed by atoms with E-state index < -0.39 is 13.0 Å². The fourth-order valence-corrected chi connectivity index (χ4v) is 4.84. The molecule has 37 heavy (non-hydrogen) atoms. The van der Waals surface area contributed by atoms with E-state index in [2.05, 4.69) is 42.1 Å². The molecule has 2 aliphatic rings. The van der Waals surface area contributed by atoms with Gasteiger partial charge in [-0.3, -0.25) is 0 Å². The Morgan fingerprint density at radius 1 is 0.973 bits per heavy atom. The van der Waals surface area contributed by atoms with Gasteiger partial charge in [-0.1, -0.05) is 6.08 Å². The molecule has 5 heterocycles. The lowest BCUT2D eigenvalue weighted by Crippen LogP contribution is -2.44. The average molecular weight is 504 g/mol. The number of halogens is 2. The SMILES string of the molecule is Cc1nc2ccc(C3=CCc4nc(Nc5ccc(N6CCN(C)CC6)nc5)ncc43)nc2n1CC(F)F. The van der Waals surface area contributed by atoms with Crippen molar-refractivity contribution in [1.82, 2.24) is 34.4 Å². The minimum absolute atomic E-state index is 0.433. The summed E-state index contributed by atoms with van der Waals surface area (Å²) >= 11 is 0. The first-order valence-corrected chi connectivity index (χ1v) is 12.3. The summed E-state index contributed by atoms with van der Waals surface area (Å²) in [6.07, 6.45) is 3.79. The number of hydrogen-bond donors (Lipinski definition) is 1. The average Bonchev–Trinajstić information content (AvgIpc) is 3.45. The van der Waals surface area contributed by atoms with Crippen LogP contribution in [-0.4, -0.2) is 74.0 Å².